The average molecular weight is 441 g/mol. The standard InChI is InChI=1S/C21H33N2Te/c1-14(2)22(15(3)4)19-20(23(16(5)6)17(7)8)21(19)24-18-12-10-9-11-13-18/h9-17H,1-8H3/q+1. The van der Waals surface area contributed by atoms with Gasteiger partial charge in [-0.1, -0.05) is 0 Å². The van der Waals surface area contributed by atoms with Gasteiger partial charge in [-0.05, 0) is 0 Å². The van der Waals surface area contributed by atoms with Crippen LogP contribution in [0.2, 0.25) is 0 Å². The molecule has 0 N–H and O–H groups in total. The first kappa shape index (κ1) is 19.5. The number of hydrogen-bond donors (Lipinski definition) is 0. The van der Waals surface area contributed by atoms with Crippen LogP contribution in [0.3, 0.4) is 0 Å². The van der Waals surface area contributed by atoms with Crippen LogP contribution < -0.4 is 22.1 Å². The fourth-order valence-corrected chi connectivity index (χ4v) is 6.63. The van der Waals surface area contributed by atoms with Crippen molar-refractivity contribution < 1.29 is 0 Å². The first-order valence-corrected chi connectivity index (χ1v) is 11.5. The maximum absolute atomic E-state index is 2.62. The summed E-state index contributed by atoms with van der Waals surface area (Å²) in [6, 6.07) is 13.2. The molecule has 3 heteroatoms. The van der Waals surface area contributed by atoms with Gasteiger partial charge in [-0.25, -0.2) is 0 Å². The number of nitrogens with zero attached hydrogens (tertiary/aromatic N) is 2. The molecule has 0 aromatic heterocycles. The van der Waals surface area contributed by atoms with Crippen LogP contribution in [0.1, 0.15) is 55.4 Å². The predicted molar refractivity (Wildman–Crippen MR) is 109 cm³/mol. The Balaban J connectivity index is 2.55. The molecular formula is C21H33N2Te+. The average Bonchev–Trinajstić information content (AvgIpc) is 3.11. The summed E-state index contributed by atoms with van der Waals surface area (Å²) in [6.45, 7) is 18.5. The normalized spacial score (nSPS) is 12.2. The molecule has 0 radical (unpaired) electrons. The third-order valence-corrected chi connectivity index (χ3v) is 7.43. The van der Waals surface area contributed by atoms with E-state index in [1.807, 2.05) is 0 Å². The summed E-state index contributed by atoms with van der Waals surface area (Å²) in [5.74, 6) is 0. The maximum atomic E-state index is 2.62. The molecule has 0 heterocycles. The first-order chi connectivity index (χ1) is 11.3. The second-order valence-corrected chi connectivity index (χ2v) is 10.7. The summed E-state index contributed by atoms with van der Waals surface area (Å²) in [4.78, 5) is 2.62. The van der Waals surface area contributed by atoms with Crippen molar-refractivity contribution in [1.29, 1.82) is 0 Å². The molecule has 2 rings (SSSR count). The van der Waals surface area contributed by atoms with E-state index in [4.69, 9.17) is 0 Å². The summed E-state index contributed by atoms with van der Waals surface area (Å²) < 4.78 is 5.82. The molecule has 24 heavy (non-hydrogen) atoms. The van der Waals surface area contributed by atoms with Crippen LogP contribution in [0.25, 0.3) is 0 Å². The summed E-state index contributed by atoms with van der Waals surface area (Å²) in [5.41, 5.74) is 1.55. The van der Waals surface area contributed by atoms with Crippen molar-refractivity contribution in [3.63, 3.8) is 0 Å². The Kier molecular flexibility index (Phi) is 6.57. The number of anilines is 1. The minimum atomic E-state index is -0.322. The van der Waals surface area contributed by atoms with Gasteiger partial charge in [0.2, 0.25) is 0 Å². The predicted octanol–water partition coefficient (Wildman–Crippen LogP) is 2.43. The Morgan fingerprint density at radius 1 is 0.792 bits per heavy atom. The van der Waals surface area contributed by atoms with E-state index in [1.165, 1.54) is 3.61 Å². The van der Waals surface area contributed by atoms with Crippen LogP contribution in [0.15, 0.2) is 30.3 Å². The van der Waals surface area contributed by atoms with Crippen LogP contribution in [-0.4, -0.2) is 45.1 Å². The molecule has 2 nitrogen and oxygen atoms in total. The topological polar surface area (TPSA) is 6.25 Å². The molecule has 0 saturated heterocycles. The number of rotatable bonds is 7. The second kappa shape index (κ2) is 8.07. The summed E-state index contributed by atoms with van der Waals surface area (Å²) in [6.07, 6.45) is 0. The van der Waals surface area contributed by atoms with E-state index < -0.39 is 0 Å². The minimum absolute atomic E-state index is 0.322. The van der Waals surface area contributed by atoms with E-state index in [9.17, 15) is 0 Å². The molecule has 2 aromatic carbocycles. The van der Waals surface area contributed by atoms with Gasteiger partial charge in [0.05, 0.1) is 0 Å². The molecule has 0 unspecified atom stereocenters. The quantitative estimate of drug-likeness (QED) is 0.473. The van der Waals surface area contributed by atoms with Gasteiger partial charge >= 0.3 is 159 Å². The molecule has 0 atom stereocenters. The van der Waals surface area contributed by atoms with Crippen LogP contribution in [0.4, 0.5) is 5.69 Å². The zero-order chi connectivity index (χ0) is 18.0. The molecule has 0 amide bonds. The third-order valence-electron chi connectivity index (χ3n) is 4.30. The van der Waals surface area contributed by atoms with Crippen molar-refractivity contribution in [1.82, 2.24) is 4.58 Å². The van der Waals surface area contributed by atoms with Crippen LogP contribution in [0, 0.1) is 0 Å². The van der Waals surface area contributed by atoms with Gasteiger partial charge in [-0.3, -0.25) is 0 Å². The second-order valence-electron chi connectivity index (χ2n) is 7.63. The fourth-order valence-electron chi connectivity index (χ4n) is 3.56. The molecular weight excluding hydrogens is 408 g/mol. The summed E-state index contributed by atoms with van der Waals surface area (Å²) in [7, 11) is 0. The van der Waals surface area contributed by atoms with Gasteiger partial charge in [0.25, 0.3) is 0 Å². The van der Waals surface area contributed by atoms with E-state index >= 15 is 0 Å². The molecule has 0 fully saturated rings. The first-order valence-electron chi connectivity index (χ1n) is 9.17. The van der Waals surface area contributed by atoms with Gasteiger partial charge in [0.1, 0.15) is 0 Å². The molecule has 0 bridgehead atoms. The van der Waals surface area contributed by atoms with E-state index in [2.05, 4.69) is 95.2 Å². The Bertz CT molecular complexity index is 656. The van der Waals surface area contributed by atoms with Crippen molar-refractivity contribution in [3.05, 3.63) is 35.7 Å². The Hall–Kier alpha value is -0.780. The number of hydrogen-bond acceptors (Lipinski definition) is 1. The van der Waals surface area contributed by atoms with Crippen molar-refractivity contribution in [3.8, 4) is 0 Å². The van der Waals surface area contributed by atoms with Gasteiger partial charge in [0, 0.05) is 0 Å². The fraction of sp³-hybridized carbons (Fsp3) is 0.571. The van der Waals surface area contributed by atoms with Crippen LogP contribution in [-0.2, 0) is 0 Å². The molecule has 0 aliphatic carbocycles. The van der Waals surface area contributed by atoms with Crippen LogP contribution >= 0.6 is 0 Å². The number of benzene rings is 1. The van der Waals surface area contributed by atoms with Gasteiger partial charge in [0.15, 0.2) is 0 Å². The van der Waals surface area contributed by atoms with Crippen molar-refractivity contribution in [2.45, 2.75) is 79.6 Å². The van der Waals surface area contributed by atoms with E-state index in [0.29, 0.717) is 24.2 Å². The zero-order valence-corrected chi connectivity index (χ0v) is 18.8. The third kappa shape index (κ3) is 4.24. The van der Waals surface area contributed by atoms with Crippen molar-refractivity contribution >= 4 is 33.8 Å². The molecule has 0 aliphatic rings. The Morgan fingerprint density at radius 3 is 1.71 bits per heavy atom. The molecule has 2 aromatic rings. The van der Waals surface area contributed by atoms with E-state index in [-0.39, 0.29) is 20.9 Å². The summed E-state index contributed by atoms with van der Waals surface area (Å²) in [5, 5.41) is 1.55. The molecule has 0 aliphatic heterocycles. The van der Waals surface area contributed by atoms with Gasteiger partial charge < -0.3 is 0 Å². The van der Waals surface area contributed by atoms with E-state index in [1.54, 1.807) is 14.7 Å². The van der Waals surface area contributed by atoms with Gasteiger partial charge in [-0.2, -0.15) is 0 Å². The van der Waals surface area contributed by atoms with Crippen LogP contribution in [0.5, 0.6) is 0 Å². The zero-order valence-electron chi connectivity index (χ0n) is 16.5. The Labute approximate surface area is 158 Å². The Morgan fingerprint density at radius 2 is 1.29 bits per heavy atom. The van der Waals surface area contributed by atoms with E-state index in [0.717, 1.165) is 0 Å². The summed E-state index contributed by atoms with van der Waals surface area (Å²) >= 11 is -0.322. The molecule has 132 valence electrons. The monoisotopic (exact) mass is 443 g/mol. The molecule has 0 spiro atoms. The van der Waals surface area contributed by atoms with Crippen molar-refractivity contribution in [2.24, 2.45) is 0 Å². The molecule has 0 saturated carbocycles. The van der Waals surface area contributed by atoms with Crippen molar-refractivity contribution in [2.75, 3.05) is 4.90 Å². The SMILES string of the molecule is CC(C)N(c1c([Te]c2ccccc2)c1=[N+](C(C)C)C(C)C)C(C)C. The van der Waals surface area contributed by atoms with Gasteiger partial charge in [-0.15, -0.1) is 0 Å².